The first-order valence-electron chi connectivity index (χ1n) is 11.4. The highest BCUT2D eigenvalue weighted by Crippen LogP contribution is 2.36. The van der Waals surface area contributed by atoms with Crippen LogP contribution in [-0.4, -0.2) is 44.5 Å². The Hall–Kier alpha value is -3.58. The monoisotopic (exact) mass is 482 g/mol. The van der Waals surface area contributed by atoms with Gasteiger partial charge in [0, 0.05) is 18.9 Å². The Bertz CT molecular complexity index is 1050. The third-order valence-electron chi connectivity index (χ3n) is 5.41. The molecule has 0 aromatic heterocycles. The van der Waals surface area contributed by atoms with E-state index in [0.717, 1.165) is 16.7 Å². The van der Waals surface area contributed by atoms with Crippen LogP contribution in [0, 0.1) is 5.92 Å². The molecule has 0 amide bonds. The van der Waals surface area contributed by atoms with E-state index in [9.17, 15) is 9.59 Å². The highest BCUT2D eigenvalue weighted by atomic mass is 16.5. The Balaban J connectivity index is 2.50. The zero-order chi connectivity index (χ0) is 26.0. The molecule has 0 unspecified atom stereocenters. The summed E-state index contributed by atoms with van der Waals surface area (Å²) < 4.78 is 21.5. The van der Waals surface area contributed by atoms with Gasteiger partial charge in [0.15, 0.2) is 0 Å². The van der Waals surface area contributed by atoms with E-state index in [-0.39, 0.29) is 19.1 Å². The van der Waals surface area contributed by atoms with Crippen molar-refractivity contribution in [2.75, 3.05) is 27.4 Å². The summed E-state index contributed by atoms with van der Waals surface area (Å²) in [4.78, 5) is 24.0. The molecule has 0 saturated carbocycles. The lowest BCUT2D eigenvalue weighted by Gasteiger charge is -2.21. The van der Waals surface area contributed by atoms with Crippen molar-refractivity contribution in [1.82, 2.24) is 0 Å². The standard InChI is InChI=1S/C28H34O7/c1-18(2)19(3)24(25-17-22(28(31)33-6)9-13-27(25)32-5)12-14-26(35-20(4)30)21-7-10-23(11-8-21)34-16-15-29/h7-13,17-18,26,29H,3,14-16H2,1-2,4-6H3/b24-12-/t26-/m1/s1. The number of rotatable bonds is 12. The fourth-order valence-electron chi connectivity index (χ4n) is 3.51. The molecule has 35 heavy (non-hydrogen) atoms. The first-order valence-corrected chi connectivity index (χ1v) is 11.4. The molecule has 7 heteroatoms. The fraction of sp³-hybridized carbons (Fsp3) is 0.357. The summed E-state index contributed by atoms with van der Waals surface area (Å²) in [5.41, 5.74) is 3.52. The average molecular weight is 483 g/mol. The van der Waals surface area contributed by atoms with Gasteiger partial charge < -0.3 is 24.1 Å². The SMILES string of the molecule is C=C(/C(=C/C[C@@H](OC(C)=O)c1ccc(OCCO)cc1)c1cc(C(=O)OC)ccc1OC)C(C)C. The van der Waals surface area contributed by atoms with Crippen LogP contribution >= 0.6 is 0 Å². The maximum Gasteiger partial charge on any atom is 0.337 e. The van der Waals surface area contributed by atoms with Gasteiger partial charge in [0.1, 0.15) is 24.2 Å². The van der Waals surface area contributed by atoms with E-state index in [0.29, 0.717) is 29.0 Å². The van der Waals surface area contributed by atoms with Crippen molar-refractivity contribution >= 4 is 17.5 Å². The van der Waals surface area contributed by atoms with E-state index in [1.54, 1.807) is 37.4 Å². The minimum absolute atomic E-state index is 0.0776. The van der Waals surface area contributed by atoms with Crippen LogP contribution in [0.2, 0.25) is 0 Å². The number of benzene rings is 2. The second-order valence-electron chi connectivity index (χ2n) is 8.18. The molecule has 0 radical (unpaired) electrons. The van der Waals surface area contributed by atoms with Gasteiger partial charge in [-0.2, -0.15) is 0 Å². The molecule has 0 spiro atoms. The van der Waals surface area contributed by atoms with Crippen molar-refractivity contribution in [3.05, 3.63) is 77.4 Å². The maximum absolute atomic E-state index is 12.2. The first-order chi connectivity index (χ1) is 16.7. The normalized spacial score (nSPS) is 12.1. The van der Waals surface area contributed by atoms with Gasteiger partial charge in [-0.05, 0) is 53.0 Å². The minimum atomic E-state index is -0.552. The Morgan fingerprint density at radius 3 is 2.31 bits per heavy atom. The van der Waals surface area contributed by atoms with Crippen molar-refractivity contribution in [2.45, 2.75) is 33.3 Å². The molecule has 7 nitrogen and oxygen atoms in total. The molecule has 0 aliphatic heterocycles. The Labute approximate surface area is 207 Å². The molecule has 2 aromatic carbocycles. The molecule has 1 N–H and O–H groups in total. The molecule has 2 aromatic rings. The number of hydrogen-bond acceptors (Lipinski definition) is 7. The minimum Gasteiger partial charge on any atom is -0.496 e. The van der Waals surface area contributed by atoms with Crippen molar-refractivity contribution in [3.8, 4) is 11.5 Å². The third-order valence-corrected chi connectivity index (χ3v) is 5.41. The molecule has 1 atom stereocenters. The van der Waals surface area contributed by atoms with Crippen molar-refractivity contribution in [1.29, 1.82) is 0 Å². The summed E-state index contributed by atoms with van der Waals surface area (Å²) in [7, 11) is 2.90. The molecule has 0 bridgehead atoms. The van der Waals surface area contributed by atoms with E-state index >= 15 is 0 Å². The zero-order valence-corrected chi connectivity index (χ0v) is 21.0. The Morgan fingerprint density at radius 1 is 1.09 bits per heavy atom. The summed E-state index contributed by atoms with van der Waals surface area (Å²) in [5, 5.41) is 8.94. The zero-order valence-electron chi connectivity index (χ0n) is 21.0. The summed E-state index contributed by atoms with van der Waals surface area (Å²) in [6.07, 6.45) is 1.76. The van der Waals surface area contributed by atoms with Gasteiger partial charge in [-0.3, -0.25) is 4.79 Å². The van der Waals surface area contributed by atoms with Gasteiger partial charge in [-0.25, -0.2) is 4.79 Å². The van der Waals surface area contributed by atoms with E-state index in [1.807, 2.05) is 32.1 Å². The van der Waals surface area contributed by atoms with Crippen LogP contribution in [0.25, 0.3) is 5.57 Å². The van der Waals surface area contributed by atoms with Crippen LogP contribution in [0.3, 0.4) is 0 Å². The van der Waals surface area contributed by atoms with Crippen LogP contribution in [0.5, 0.6) is 11.5 Å². The number of allylic oxidation sites excluding steroid dienone is 2. The van der Waals surface area contributed by atoms with Crippen LogP contribution < -0.4 is 9.47 Å². The van der Waals surface area contributed by atoms with Crippen molar-refractivity contribution < 1.29 is 33.6 Å². The predicted molar refractivity (Wildman–Crippen MR) is 134 cm³/mol. The van der Waals surface area contributed by atoms with Crippen LogP contribution in [0.4, 0.5) is 0 Å². The largest absolute Gasteiger partial charge is 0.496 e. The molecule has 0 aliphatic rings. The predicted octanol–water partition coefficient (Wildman–Crippen LogP) is 5.14. The quantitative estimate of drug-likeness (QED) is 0.331. The van der Waals surface area contributed by atoms with Gasteiger partial charge in [0.2, 0.25) is 0 Å². The lowest BCUT2D eigenvalue weighted by molar-refractivity contribution is -0.146. The average Bonchev–Trinajstić information content (AvgIpc) is 2.86. The summed E-state index contributed by atoms with van der Waals surface area (Å²) in [6, 6.07) is 12.3. The number of methoxy groups -OCH3 is 2. The second kappa shape index (κ2) is 13.3. The van der Waals surface area contributed by atoms with Gasteiger partial charge >= 0.3 is 11.9 Å². The molecule has 0 saturated heterocycles. The third kappa shape index (κ3) is 7.72. The summed E-state index contributed by atoms with van der Waals surface area (Å²) in [5.74, 6) is 0.448. The van der Waals surface area contributed by atoms with Crippen molar-refractivity contribution in [2.24, 2.45) is 5.92 Å². The van der Waals surface area contributed by atoms with Gasteiger partial charge in [0.25, 0.3) is 0 Å². The molecule has 0 fully saturated rings. The maximum atomic E-state index is 12.2. The van der Waals surface area contributed by atoms with Crippen LogP contribution in [-0.2, 0) is 14.3 Å². The molecule has 188 valence electrons. The molecule has 2 rings (SSSR count). The van der Waals surface area contributed by atoms with Crippen molar-refractivity contribution in [3.63, 3.8) is 0 Å². The molecule has 0 heterocycles. The van der Waals surface area contributed by atoms with Crippen LogP contribution in [0.15, 0.2) is 60.7 Å². The highest BCUT2D eigenvalue weighted by Gasteiger charge is 2.20. The lowest BCUT2D eigenvalue weighted by atomic mass is 9.88. The summed E-state index contributed by atoms with van der Waals surface area (Å²) >= 11 is 0. The number of ether oxygens (including phenoxy) is 4. The number of hydrogen-bond donors (Lipinski definition) is 1. The van der Waals surface area contributed by atoms with E-state index in [4.69, 9.17) is 24.1 Å². The number of esters is 2. The number of aliphatic hydroxyl groups is 1. The van der Waals surface area contributed by atoms with E-state index < -0.39 is 18.0 Å². The lowest BCUT2D eigenvalue weighted by Crippen LogP contribution is -2.09. The van der Waals surface area contributed by atoms with Gasteiger partial charge in [0.05, 0.1) is 26.4 Å². The fourth-order valence-corrected chi connectivity index (χ4v) is 3.51. The second-order valence-corrected chi connectivity index (χ2v) is 8.18. The Morgan fingerprint density at radius 2 is 1.77 bits per heavy atom. The number of aliphatic hydroxyl groups excluding tert-OH is 1. The van der Waals surface area contributed by atoms with E-state index in [2.05, 4.69) is 6.58 Å². The highest BCUT2D eigenvalue weighted by molar-refractivity contribution is 5.92. The van der Waals surface area contributed by atoms with Crippen LogP contribution in [0.1, 0.15) is 54.8 Å². The topological polar surface area (TPSA) is 91.3 Å². The molecular weight excluding hydrogens is 448 g/mol. The van der Waals surface area contributed by atoms with Gasteiger partial charge in [-0.15, -0.1) is 0 Å². The Kier molecular flexibility index (Phi) is 10.5. The molecular formula is C28H34O7. The molecule has 0 aliphatic carbocycles. The first kappa shape index (κ1) is 27.7. The number of carbonyl (C=O) groups excluding carboxylic acids is 2. The number of carbonyl (C=O) groups is 2. The van der Waals surface area contributed by atoms with E-state index in [1.165, 1.54) is 14.0 Å². The summed E-state index contributed by atoms with van der Waals surface area (Å²) in [6.45, 7) is 9.81. The smallest absolute Gasteiger partial charge is 0.337 e. The van der Waals surface area contributed by atoms with Gasteiger partial charge in [-0.1, -0.05) is 38.6 Å².